The second kappa shape index (κ2) is 5.83. The van der Waals surface area contributed by atoms with E-state index in [0.717, 1.165) is 17.8 Å². The lowest BCUT2D eigenvalue weighted by Crippen LogP contribution is -2.42. The first-order valence-corrected chi connectivity index (χ1v) is 7.15. The predicted molar refractivity (Wildman–Crippen MR) is 76.0 cm³/mol. The number of amides is 1. The first-order valence-electron chi connectivity index (χ1n) is 7.15. The lowest BCUT2D eigenvalue weighted by atomic mass is 10.1. The van der Waals surface area contributed by atoms with E-state index < -0.39 is 18.2 Å². The molecule has 0 unspecified atom stereocenters. The van der Waals surface area contributed by atoms with Crippen LogP contribution in [0.4, 0.5) is 5.69 Å². The van der Waals surface area contributed by atoms with Gasteiger partial charge in [-0.15, -0.1) is 0 Å². The smallest absolute Gasteiger partial charge is 0.332 e. The van der Waals surface area contributed by atoms with Crippen LogP contribution in [0.15, 0.2) is 24.3 Å². The van der Waals surface area contributed by atoms with Crippen molar-refractivity contribution in [2.45, 2.75) is 31.6 Å². The topological polar surface area (TPSA) is 78.9 Å². The van der Waals surface area contributed by atoms with Crippen LogP contribution in [0.1, 0.15) is 18.4 Å². The highest BCUT2D eigenvalue weighted by atomic mass is 16.5. The van der Waals surface area contributed by atoms with Gasteiger partial charge in [-0.1, -0.05) is 18.2 Å². The van der Waals surface area contributed by atoms with Gasteiger partial charge < -0.3 is 20.1 Å². The summed E-state index contributed by atoms with van der Waals surface area (Å²) in [4.78, 5) is 25.3. The molecular formula is C15H18N2O4. The average molecular weight is 290 g/mol. The summed E-state index contributed by atoms with van der Waals surface area (Å²) in [5.41, 5.74) is 1.95. The molecule has 1 saturated heterocycles. The molecule has 2 aliphatic heterocycles. The number of hydrogen-bond donors (Lipinski definition) is 2. The normalized spacial score (nSPS) is 25.2. The summed E-state index contributed by atoms with van der Waals surface area (Å²) in [6, 6.07) is 7.76. The van der Waals surface area contributed by atoms with E-state index in [1.807, 2.05) is 24.3 Å². The summed E-state index contributed by atoms with van der Waals surface area (Å²) in [5, 5.41) is 12.2. The summed E-state index contributed by atoms with van der Waals surface area (Å²) < 4.78 is 5.38. The molecule has 0 bridgehead atoms. The third kappa shape index (κ3) is 2.77. The van der Waals surface area contributed by atoms with Gasteiger partial charge in [0, 0.05) is 25.3 Å². The number of benzene rings is 1. The Bertz CT molecular complexity index is 560. The Labute approximate surface area is 122 Å². The van der Waals surface area contributed by atoms with Gasteiger partial charge in [-0.3, -0.25) is 4.79 Å². The van der Waals surface area contributed by atoms with Gasteiger partial charge in [-0.25, -0.2) is 4.79 Å². The van der Waals surface area contributed by atoms with Gasteiger partial charge in [0.2, 0.25) is 0 Å². The summed E-state index contributed by atoms with van der Waals surface area (Å²) in [6.07, 6.45) is -0.668. The number of fused-ring (bicyclic) bond motifs is 1. The first-order chi connectivity index (χ1) is 10.2. The van der Waals surface area contributed by atoms with Crippen LogP contribution in [-0.2, 0) is 20.9 Å². The van der Waals surface area contributed by atoms with Crippen molar-refractivity contribution in [2.24, 2.45) is 0 Å². The van der Waals surface area contributed by atoms with Crippen LogP contribution in [0.5, 0.6) is 0 Å². The zero-order chi connectivity index (χ0) is 14.8. The van der Waals surface area contributed by atoms with Gasteiger partial charge in [-0.2, -0.15) is 0 Å². The van der Waals surface area contributed by atoms with Gasteiger partial charge in [-0.05, 0) is 24.5 Å². The summed E-state index contributed by atoms with van der Waals surface area (Å²) in [7, 11) is 0. The first kappa shape index (κ1) is 14.0. The van der Waals surface area contributed by atoms with Crippen LogP contribution >= 0.6 is 0 Å². The Morgan fingerprint density at radius 1 is 1.24 bits per heavy atom. The molecule has 0 aliphatic carbocycles. The largest absolute Gasteiger partial charge is 0.479 e. The van der Waals surface area contributed by atoms with Gasteiger partial charge in [0.25, 0.3) is 5.91 Å². The molecule has 0 radical (unpaired) electrons. The van der Waals surface area contributed by atoms with Crippen molar-refractivity contribution in [3.8, 4) is 0 Å². The molecule has 1 fully saturated rings. The fourth-order valence-electron chi connectivity index (χ4n) is 2.86. The molecule has 2 aliphatic rings. The Balaban J connectivity index is 1.80. The maximum Gasteiger partial charge on any atom is 0.332 e. The fourth-order valence-corrected chi connectivity index (χ4v) is 2.86. The molecule has 112 valence electrons. The number of ether oxygens (including phenoxy) is 1. The Morgan fingerprint density at radius 2 is 2.00 bits per heavy atom. The van der Waals surface area contributed by atoms with Crippen molar-refractivity contribution in [2.75, 3.05) is 18.0 Å². The van der Waals surface area contributed by atoms with E-state index in [9.17, 15) is 9.59 Å². The number of carboxylic acid groups (broad SMARTS) is 1. The summed E-state index contributed by atoms with van der Waals surface area (Å²) in [6.45, 7) is 1.99. The third-order valence-electron chi connectivity index (χ3n) is 3.95. The quantitative estimate of drug-likeness (QED) is 0.840. The lowest BCUT2D eigenvalue weighted by Gasteiger charge is -2.25. The van der Waals surface area contributed by atoms with Crippen LogP contribution in [0.25, 0.3) is 0 Å². The second-order valence-corrected chi connectivity index (χ2v) is 5.32. The molecule has 2 atom stereocenters. The number of anilines is 1. The monoisotopic (exact) mass is 290 g/mol. The third-order valence-corrected chi connectivity index (χ3v) is 3.95. The van der Waals surface area contributed by atoms with Crippen molar-refractivity contribution < 1.29 is 19.4 Å². The average Bonchev–Trinajstić information content (AvgIpc) is 2.88. The van der Waals surface area contributed by atoms with E-state index in [2.05, 4.69) is 5.32 Å². The zero-order valence-electron chi connectivity index (χ0n) is 11.6. The molecule has 21 heavy (non-hydrogen) atoms. The number of hydrogen-bond acceptors (Lipinski definition) is 4. The van der Waals surface area contributed by atoms with E-state index in [0.29, 0.717) is 25.9 Å². The molecule has 0 spiro atoms. The van der Waals surface area contributed by atoms with Crippen molar-refractivity contribution >= 4 is 17.6 Å². The van der Waals surface area contributed by atoms with Gasteiger partial charge >= 0.3 is 5.97 Å². The SMILES string of the molecule is O=C(O)[C@@H]1CC[C@H](C(=O)N2CCNCc3ccccc32)O1. The number of nitrogens with one attached hydrogen (secondary N) is 1. The van der Waals surface area contributed by atoms with Gasteiger partial charge in [0.05, 0.1) is 0 Å². The number of aliphatic carboxylic acids is 1. The molecule has 2 heterocycles. The van der Waals surface area contributed by atoms with Crippen LogP contribution in [0.3, 0.4) is 0 Å². The Hall–Kier alpha value is -1.92. The van der Waals surface area contributed by atoms with Gasteiger partial charge in [0.1, 0.15) is 6.10 Å². The molecule has 6 heteroatoms. The van der Waals surface area contributed by atoms with Crippen molar-refractivity contribution in [3.05, 3.63) is 29.8 Å². The maximum absolute atomic E-state index is 12.7. The Kier molecular flexibility index (Phi) is 3.90. The number of nitrogens with zero attached hydrogens (tertiary/aromatic N) is 1. The van der Waals surface area contributed by atoms with Gasteiger partial charge in [0.15, 0.2) is 6.10 Å². The highest BCUT2D eigenvalue weighted by molar-refractivity contribution is 5.97. The molecule has 0 saturated carbocycles. The second-order valence-electron chi connectivity index (χ2n) is 5.32. The van der Waals surface area contributed by atoms with E-state index in [-0.39, 0.29) is 5.91 Å². The number of rotatable bonds is 2. The summed E-state index contributed by atoms with van der Waals surface area (Å²) in [5.74, 6) is -1.14. The highest BCUT2D eigenvalue weighted by Crippen LogP contribution is 2.27. The molecule has 1 aromatic rings. The van der Waals surface area contributed by atoms with Crippen molar-refractivity contribution in [3.63, 3.8) is 0 Å². The zero-order valence-corrected chi connectivity index (χ0v) is 11.6. The molecule has 6 nitrogen and oxygen atoms in total. The van der Waals surface area contributed by atoms with Crippen LogP contribution in [-0.4, -0.2) is 42.3 Å². The maximum atomic E-state index is 12.7. The number of para-hydroxylation sites is 1. The number of carbonyl (C=O) groups excluding carboxylic acids is 1. The van der Waals surface area contributed by atoms with E-state index >= 15 is 0 Å². The fraction of sp³-hybridized carbons (Fsp3) is 0.467. The number of carbonyl (C=O) groups is 2. The molecule has 1 amide bonds. The molecule has 1 aromatic carbocycles. The van der Waals surface area contributed by atoms with E-state index in [1.165, 1.54) is 0 Å². The van der Waals surface area contributed by atoms with Crippen LogP contribution in [0, 0.1) is 0 Å². The minimum absolute atomic E-state index is 0.144. The molecule has 2 N–H and O–H groups in total. The van der Waals surface area contributed by atoms with Crippen LogP contribution < -0.4 is 10.2 Å². The minimum Gasteiger partial charge on any atom is -0.479 e. The summed E-state index contributed by atoms with van der Waals surface area (Å²) >= 11 is 0. The molecule has 0 aromatic heterocycles. The predicted octanol–water partition coefficient (Wildman–Crippen LogP) is 0.755. The standard InChI is InChI=1S/C15H18N2O4/c18-14(12-5-6-13(21-12)15(19)20)17-8-7-16-9-10-3-1-2-4-11(10)17/h1-4,12-13,16H,5-9H2,(H,19,20)/t12-,13+/m1/s1. The Morgan fingerprint density at radius 3 is 2.76 bits per heavy atom. The number of carboxylic acids is 1. The molecule has 3 rings (SSSR count). The van der Waals surface area contributed by atoms with Crippen molar-refractivity contribution in [1.82, 2.24) is 5.32 Å². The van der Waals surface area contributed by atoms with Crippen LogP contribution in [0.2, 0.25) is 0 Å². The van der Waals surface area contributed by atoms with E-state index in [1.54, 1.807) is 4.90 Å². The highest BCUT2D eigenvalue weighted by Gasteiger charge is 2.37. The minimum atomic E-state index is -0.997. The van der Waals surface area contributed by atoms with Crippen molar-refractivity contribution in [1.29, 1.82) is 0 Å². The molecular weight excluding hydrogens is 272 g/mol. The van der Waals surface area contributed by atoms with E-state index in [4.69, 9.17) is 9.84 Å². The lowest BCUT2D eigenvalue weighted by molar-refractivity contribution is -0.151.